The van der Waals surface area contributed by atoms with Crippen molar-refractivity contribution >= 4 is 15.7 Å². The lowest BCUT2D eigenvalue weighted by molar-refractivity contribution is -0.0270. The zero-order valence-electron chi connectivity index (χ0n) is 10.6. The molecule has 0 aliphatic heterocycles. The number of nitrogen functional groups attached to an aromatic ring is 1. The molecule has 7 heteroatoms. The molecule has 1 aliphatic rings. The Bertz CT molecular complexity index is 597. The van der Waals surface area contributed by atoms with E-state index in [2.05, 4.69) is 4.72 Å². The zero-order chi connectivity index (χ0) is 14.3. The molecule has 0 atom stereocenters. The van der Waals surface area contributed by atoms with E-state index in [4.69, 9.17) is 5.73 Å². The molecule has 1 aromatic carbocycles. The molecule has 1 fully saturated rings. The summed E-state index contributed by atoms with van der Waals surface area (Å²) in [5.41, 5.74) is 4.50. The first-order chi connectivity index (χ1) is 8.73. The first kappa shape index (κ1) is 14.2. The minimum atomic E-state index is -3.80. The van der Waals surface area contributed by atoms with Gasteiger partial charge in [0.15, 0.2) is 0 Å². The van der Waals surface area contributed by atoms with Gasteiger partial charge in [-0.05, 0) is 43.9 Å². The second-order valence-corrected chi connectivity index (χ2v) is 6.78. The van der Waals surface area contributed by atoms with Crippen molar-refractivity contribution in [2.75, 3.05) is 12.3 Å². The van der Waals surface area contributed by atoms with Crippen LogP contribution in [0.15, 0.2) is 17.0 Å². The second-order valence-electron chi connectivity index (χ2n) is 5.04. The van der Waals surface area contributed by atoms with Gasteiger partial charge in [-0.2, -0.15) is 0 Å². The van der Waals surface area contributed by atoms with Crippen LogP contribution in [-0.4, -0.2) is 25.7 Å². The van der Waals surface area contributed by atoms with Crippen LogP contribution in [0.25, 0.3) is 0 Å². The fourth-order valence-electron chi connectivity index (χ4n) is 2.03. The van der Waals surface area contributed by atoms with Gasteiger partial charge in [-0.25, -0.2) is 17.5 Å². The van der Waals surface area contributed by atoms with Crippen LogP contribution in [0.1, 0.15) is 24.8 Å². The number of halogens is 1. The van der Waals surface area contributed by atoms with Gasteiger partial charge in [0.05, 0.1) is 16.2 Å². The number of hydrogen-bond acceptors (Lipinski definition) is 4. The van der Waals surface area contributed by atoms with Crippen molar-refractivity contribution in [1.29, 1.82) is 0 Å². The largest absolute Gasteiger partial charge is 0.396 e. The smallest absolute Gasteiger partial charge is 0.241 e. The van der Waals surface area contributed by atoms with E-state index in [9.17, 15) is 17.9 Å². The number of sulfonamides is 1. The van der Waals surface area contributed by atoms with Gasteiger partial charge in [0.25, 0.3) is 0 Å². The van der Waals surface area contributed by atoms with Crippen molar-refractivity contribution in [3.63, 3.8) is 0 Å². The van der Waals surface area contributed by atoms with Crippen LogP contribution >= 0.6 is 0 Å². The maximum Gasteiger partial charge on any atom is 0.241 e. The van der Waals surface area contributed by atoms with E-state index in [0.29, 0.717) is 12.8 Å². The summed E-state index contributed by atoms with van der Waals surface area (Å²) in [6.07, 6.45) is 2.06. The van der Waals surface area contributed by atoms with Gasteiger partial charge >= 0.3 is 0 Å². The van der Waals surface area contributed by atoms with Gasteiger partial charge in [0.1, 0.15) is 5.82 Å². The Morgan fingerprint density at radius 1 is 1.47 bits per heavy atom. The standard InChI is InChI=1S/C12H17FN2O3S/c1-8-5-9(13)10(14)6-11(8)19(17,18)15-7-12(16)3-2-4-12/h5-6,15-16H,2-4,7,14H2,1H3. The van der Waals surface area contributed by atoms with Crippen molar-refractivity contribution in [2.24, 2.45) is 0 Å². The number of rotatable bonds is 4. The topological polar surface area (TPSA) is 92.4 Å². The van der Waals surface area contributed by atoms with E-state index >= 15 is 0 Å². The second kappa shape index (κ2) is 4.73. The lowest BCUT2D eigenvalue weighted by Gasteiger charge is -2.36. The number of aryl methyl sites for hydroxylation is 1. The number of aliphatic hydroxyl groups is 1. The third-order valence-corrected chi connectivity index (χ3v) is 5.00. The molecular formula is C12H17FN2O3S. The van der Waals surface area contributed by atoms with Gasteiger partial charge in [0.2, 0.25) is 10.0 Å². The third kappa shape index (κ3) is 2.88. The highest BCUT2D eigenvalue weighted by atomic mass is 32.2. The molecule has 1 saturated carbocycles. The van der Waals surface area contributed by atoms with Gasteiger partial charge in [-0.1, -0.05) is 0 Å². The molecule has 0 bridgehead atoms. The van der Waals surface area contributed by atoms with Crippen LogP contribution in [0.2, 0.25) is 0 Å². The molecule has 0 radical (unpaired) electrons. The lowest BCUT2D eigenvalue weighted by atomic mass is 9.81. The van der Waals surface area contributed by atoms with Crippen molar-refractivity contribution in [1.82, 2.24) is 4.72 Å². The highest BCUT2D eigenvalue weighted by molar-refractivity contribution is 7.89. The van der Waals surface area contributed by atoms with Crippen LogP contribution in [0, 0.1) is 12.7 Å². The van der Waals surface area contributed by atoms with Crippen molar-refractivity contribution < 1.29 is 17.9 Å². The number of anilines is 1. The van der Waals surface area contributed by atoms with E-state index < -0.39 is 21.4 Å². The summed E-state index contributed by atoms with van der Waals surface area (Å²) in [6, 6.07) is 2.18. The number of hydrogen-bond donors (Lipinski definition) is 3. The minimum absolute atomic E-state index is 0.0357. The SMILES string of the molecule is Cc1cc(F)c(N)cc1S(=O)(=O)NCC1(O)CCC1. The summed E-state index contributed by atoms with van der Waals surface area (Å²) in [6.45, 7) is 1.46. The molecule has 19 heavy (non-hydrogen) atoms. The molecule has 2 rings (SSSR count). The average molecular weight is 288 g/mol. The average Bonchev–Trinajstić information content (AvgIpc) is 2.28. The monoisotopic (exact) mass is 288 g/mol. The predicted molar refractivity (Wildman–Crippen MR) is 69.5 cm³/mol. The van der Waals surface area contributed by atoms with Gasteiger partial charge in [0, 0.05) is 6.54 Å². The number of nitrogens with one attached hydrogen (secondary N) is 1. The highest BCUT2D eigenvalue weighted by Crippen LogP contribution is 2.31. The maximum absolute atomic E-state index is 13.2. The first-order valence-corrected chi connectivity index (χ1v) is 7.49. The third-order valence-electron chi connectivity index (χ3n) is 3.46. The van der Waals surface area contributed by atoms with Crippen LogP contribution < -0.4 is 10.5 Å². The summed E-state index contributed by atoms with van der Waals surface area (Å²) in [5.74, 6) is -0.644. The zero-order valence-corrected chi connectivity index (χ0v) is 11.4. The fraction of sp³-hybridized carbons (Fsp3) is 0.500. The van der Waals surface area contributed by atoms with Gasteiger partial charge in [-0.15, -0.1) is 0 Å². The number of nitrogens with two attached hydrogens (primary N) is 1. The molecule has 0 amide bonds. The Morgan fingerprint density at radius 3 is 2.63 bits per heavy atom. The summed E-state index contributed by atoms with van der Waals surface area (Å²) in [5, 5.41) is 9.88. The minimum Gasteiger partial charge on any atom is -0.396 e. The summed E-state index contributed by atoms with van der Waals surface area (Å²) >= 11 is 0. The number of benzene rings is 1. The van der Waals surface area contributed by atoms with E-state index in [1.54, 1.807) is 0 Å². The molecule has 0 spiro atoms. The van der Waals surface area contributed by atoms with Crippen molar-refractivity contribution in [2.45, 2.75) is 36.7 Å². The quantitative estimate of drug-likeness (QED) is 0.718. The molecule has 0 unspecified atom stereocenters. The summed E-state index contributed by atoms with van der Waals surface area (Å²) in [4.78, 5) is -0.0608. The van der Waals surface area contributed by atoms with Crippen LogP contribution in [0.5, 0.6) is 0 Å². The van der Waals surface area contributed by atoms with Gasteiger partial charge in [-0.3, -0.25) is 0 Å². The summed E-state index contributed by atoms with van der Waals surface area (Å²) in [7, 11) is -3.80. The molecule has 5 nitrogen and oxygen atoms in total. The van der Waals surface area contributed by atoms with Crippen molar-refractivity contribution in [3.05, 3.63) is 23.5 Å². The lowest BCUT2D eigenvalue weighted by Crippen LogP contribution is -2.47. The summed E-state index contributed by atoms with van der Waals surface area (Å²) < 4.78 is 39.8. The Morgan fingerprint density at radius 2 is 2.11 bits per heavy atom. The predicted octanol–water partition coefficient (Wildman–Crippen LogP) is 0.910. The molecule has 106 valence electrons. The van der Waals surface area contributed by atoms with E-state index in [1.165, 1.54) is 6.92 Å². The van der Waals surface area contributed by atoms with Crippen LogP contribution in [-0.2, 0) is 10.0 Å². The van der Waals surface area contributed by atoms with Crippen LogP contribution in [0.4, 0.5) is 10.1 Å². The molecule has 1 aliphatic carbocycles. The van der Waals surface area contributed by atoms with Crippen molar-refractivity contribution in [3.8, 4) is 0 Å². The Kier molecular flexibility index (Phi) is 3.55. The Hall–Kier alpha value is -1.18. The first-order valence-electron chi connectivity index (χ1n) is 6.01. The van der Waals surface area contributed by atoms with E-state index in [-0.39, 0.29) is 22.7 Å². The van der Waals surface area contributed by atoms with Crippen LogP contribution in [0.3, 0.4) is 0 Å². The molecule has 4 N–H and O–H groups in total. The Balaban J connectivity index is 2.22. The van der Waals surface area contributed by atoms with E-state index in [1.807, 2.05) is 0 Å². The normalized spacial score (nSPS) is 18.1. The molecule has 0 saturated heterocycles. The molecule has 0 heterocycles. The molecule has 1 aromatic rings. The van der Waals surface area contributed by atoms with Gasteiger partial charge < -0.3 is 10.8 Å². The highest BCUT2D eigenvalue weighted by Gasteiger charge is 2.35. The Labute approximate surface area is 111 Å². The van der Waals surface area contributed by atoms with E-state index in [0.717, 1.165) is 18.6 Å². The molecule has 0 aromatic heterocycles. The fourth-order valence-corrected chi connectivity index (χ4v) is 3.41. The molecular weight excluding hydrogens is 271 g/mol. The maximum atomic E-state index is 13.2.